The van der Waals surface area contributed by atoms with Gasteiger partial charge in [0.1, 0.15) is 17.6 Å². The van der Waals surface area contributed by atoms with E-state index in [0.29, 0.717) is 29.0 Å². The fraction of sp³-hybridized carbons (Fsp3) is 0.344. The molecule has 3 atom stereocenters. The van der Waals surface area contributed by atoms with Gasteiger partial charge in [0, 0.05) is 5.69 Å². The fourth-order valence-electron chi connectivity index (χ4n) is 4.93. The van der Waals surface area contributed by atoms with Gasteiger partial charge in [0.15, 0.2) is 6.61 Å². The van der Waals surface area contributed by atoms with Crippen molar-refractivity contribution < 1.29 is 28.6 Å². The number of rotatable bonds is 9. The summed E-state index contributed by atoms with van der Waals surface area (Å²) in [5.41, 5.74) is 0.738. The van der Waals surface area contributed by atoms with Crippen molar-refractivity contribution in [2.45, 2.75) is 46.1 Å². The second-order valence-corrected chi connectivity index (χ2v) is 10.4. The molecule has 1 fully saturated rings. The Hall–Kier alpha value is -4.13. The van der Waals surface area contributed by atoms with E-state index in [1.54, 1.807) is 42.5 Å². The van der Waals surface area contributed by atoms with Crippen LogP contribution in [0.5, 0.6) is 11.5 Å². The first kappa shape index (κ1) is 27.9. The Morgan fingerprint density at radius 2 is 1.44 bits per heavy atom. The minimum atomic E-state index is -0.762. The van der Waals surface area contributed by atoms with Crippen LogP contribution >= 0.6 is 0 Å². The predicted octanol–water partition coefficient (Wildman–Crippen LogP) is 6.89. The molecule has 1 aliphatic carbocycles. The lowest BCUT2D eigenvalue weighted by atomic mass is 9.75. The zero-order valence-corrected chi connectivity index (χ0v) is 22.6. The standard InChI is InChI=1S/C32H35NO6/c1-21(2)26-18-13-22(3)19-29(26)39-32(36)28-12-8-7-11-27(28)31(35)37-20-30(34)33-23-14-16-25(17-15-23)38-24-9-5-4-6-10-24/h4-12,14-17,21-22,26,29H,13,18-20H2,1-3H3,(H,33,34)/t22-,26-,29-/m1/s1. The Balaban J connectivity index is 1.32. The number of hydrogen-bond donors (Lipinski definition) is 1. The van der Waals surface area contributed by atoms with Crippen molar-refractivity contribution in [2.24, 2.45) is 17.8 Å². The molecule has 0 aliphatic heterocycles. The summed E-state index contributed by atoms with van der Waals surface area (Å²) >= 11 is 0. The van der Waals surface area contributed by atoms with Gasteiger partial charge in [-0.15, -0.1) is 0 Å². The van der Waals surface area contributed by atoms with Crippen LogP contribution in [0.2, 0.25) is 0 Å². The maximum Gasteiger partial charge on any atom is 0.339 e. The first-order valence-electron chi connectivity index (χ1n) is 13.4. The van der Waals surface area contributed by atoms with E-state index in [4.69, 9.17) is 14.2 Å². The van der Waals surface area contributed by atoms with Gasteiger partial charge in [0.25, 0.3) is 5.91 Å². The molecule has 1 aliphatic rings. The number of esters is 2. The fourth-order valence-corrected chi connectivity index (χ4v) is 4.93. The summed E-state index contributed by atoms with van der Waals surface area (Å²) in [5.74, 6) is 0.667. The Bertz CT molecular complexity index is 1270. The monoisotopic (exact) mass is 529 g/mol. The van der Waals surface area contributed by atoms with Crippen molar-refractivity contribution in [3.8, 4) is 11.5 Å². The van der Waals surface area contributed by atoms with E-state index in [0.717, 1.165) is 19.3 Å². The molecule has 3 aromatic carbocycles. The number of amides is 1. The molecule has 7 heteroatoms. The molecular formula is C32H35NO6. The van der Waals surface area contributed by atoms with Crippen molar-refractivity contribution in [3.63, 3.8) is 0 Å². The molecular weight excluding hydrogens is 494 g/mol. The lowest BCUT2D eigenvalue weighted by Crippen LogP contribution is -2.36. The number of carbonyl (C=O) groups is 3. The Labute approximate surface area is 229 Å². The molecule has 0 saturated heterocycles. The highest BCUT2D eigenvalue weighted by Gasteiger charge is 2.34. The zero-order valence-electron chi connectivity index (χ0n) is 22.6. The summed E-state index contributed by atoms with van der Waals surface area (Å²) < 4.78 is 16.9. The molecule has 1 saturated carbocycles. The second kappa shape index (κ2) is 13.1. The first-order valence-corrected chi connectivity index (χ1v) is 13.4. The lowest BCUT2D eigenvalue weighted by molar-refractivity contribution is -0.119. The molecule has 39 heavy (non-hydrogen) atoms. The Morgan fingerprint density at radius 1 is 0.821 bits per heavy atom. The Kier molecular flexibility index (Phi) is 9.36. The van der Waals surface area contributed by atoms with E-state index in [2.05, 4.69) is 26.1 Å². The third-order valence-corrected chi connectivity index (χ3v) is 7.04. The normalized spacial score (nSPS) is 18.7. The van der Waals surface area contributed by atoms with Crippen molar-refractivity contribution in [2.75, 3.05) is 11.9 Å². The number of hydrogen-bond acceptors (Lipinski definition) is 6. The second-order valence-electron chi connectivity index (χ2n) is 10.4. The first-order chi connectivity index (χ1) is 18.8. The van der Waals surface area contributed by atoms with Gasteiger partial charge in [0.2, 0.25) is 0 Å². The topological polar surface area (TPSA) is 90.9 Å². The lowest BCUT2D eigenvalue weighted by Gasteiger charge is -2.36. The van der Waals surface area contributed by atoms with E-state index in [-0.39, 0.29) is 23.1 Å². The summed E-state index contributed by atoms with van der Waals surface area (Å²) in [5, 5.41) is 2.69. The predicted molar refractivity (Wildman–Crippen MR) is 149 cm³/mol. The zero-order chi connectivity index (χ0) is 27.8. The van der Waals surface area contributed by atoms with Crippen LogP contribution in [0.4, 0.5) is 5.69 Å². The van der Waals surface area contributed by atoms with Gasteiger partial charge in [-0.25, -0.2) is 9.59 Å². The quantitative estimate of drug-likeness (QED) is 0.304. The maximum atomic E-state index is 13.1. The maximum absolute atomic E-state index is 13.1. The van der Waals surface area contributed by atoms with E-state index in [1.165, 1.54) is 6.07 Å². The number of para-hydroxylation sites is 1. The van der Waals surface area contributed by atoms with Crippen LogP contribution in [0.1, 0.15) is 60.7 Å². The molecule has 204 valence electrons. The van der Waals surface area contributed by atoms with Gasteiger partial charge >= 0.3 is 11.9 Å². The van der Waals surface area contributed by atoms with Gasteiger partial charge in [-0.1, -0.05) is 57.5 Å². The molecule has 0 unspecified atom stereocenters. The number of ether oxygens (including phenoxy) is 3. The molecule has 7 nitrogen and oxygen atoms in total. The van der Waals surface area contributed by atoms with E-state index < -0.39 is 24.5 Å². The van der Waals surface area contributed by atoms with Gasteiger partial charge in [0.05, 0.1) is 11.1 Å². The van der Waals surface area contributed by atoms with E-state index in [1.807, 2.05) is 30.3 Å². The van der Waals surface area contributed by atoms with Crippen molar-refractivity contribution in [1.29, 1.82) is 0 Å². The number of carbonyl (C=O) groups excluding carboxylic acids is 3. The summed E-state index contributed by atoms with van der Waals surface area (Å²) in [6.07, 6.45) is 2.74. The molecule has 1 N–H and O–H groups in total. The third-order valence-electron chi connectivity index (χ3n) is 7.04. The summed E-state index contributed by atoms with van der Waals surface area (Å²) in [6, 6.07) is 22.6. The smallest absolute Gasteiger partial charge is 0.339 e. The minimum Gasteiger partial charge on any atom is -0.458 e. The molecule has 0 spiro atoms. The molecule has 0 aromatic heterocycles. The molecule has 0 heterocycles. The van der Waals surface area contributed by atoms with Crippen LogP contribution in [0, 0.1) is 17.8 Å². The van der Waals surface area contributed by atoms with Crippen LogP contribution in [-0.2, 0) is 14.3 Å². The van der Waals surface area contributed by atoms with Crippen LogP contribution < -0.4 is 10.1 Å². The average molecular weight is 530 g/mol. The summed E-state index contributed by atoms with van der Waals surface area (Å²) in [6.45, 7) is 5.95. The van der Waals surface area contributed by atoms with Gasteiger partial charge in [-0.05, 0) is 79.1 Å². The highest BCUT2D eigenvalue weighted by atomic mass is 16.5. The van der Waals surface area contributed by atoms with Crippen LogP contribution in [-0.4, -0.2) is 30.6 Å². The average Bonchev–Trinajstić information content (AvgIpc) is 2.93. The number of anilines is 1. The number of nitrogens with one attached hydrogen (secondary N) is 1. The highest BCUT2D eigenvalue weighted by Crippen LogP contribution is 2.36. The summed E-state index contributed by atoms with van der Waals surface area (Å²) in [7, 11) is 0. The SMILES string of the molecule is CC(C)[C@H]1CC[C@@H](C)C[C@H]1OC(=O)c1ccccc1C(=O)OCC(=O)Nc1ccc(Oc2ccccc2)cc1. The van der Waals surface area contributed by atoms with Crippen molar-refractivity contribution in [1.82, 2.24) is 0 Å². The van der Waals surface area contributed by atoms with Gasteiger partial charge in [-0.3, -0.25) is 4.79 Å². The largest absolute Gasteiger partial charge is 0.458 e. The third kappa shape index (κ3) is 7.69. The molecule has 0 bridgehead atoms. The van der Waals surface area contributed by atoms with Crippen LogP contribution in [0.15, 0.2) is 78.9 Å². The molecule has 3 aromatic rings. The highest BCUT2D eigenvalue weighted by molar-refractivity contribution is 6.04. The van der Waals surface area contributed by atoms with E-state index >= 15 is 0 Å². The van der Waals surface area contributed by atoms with Gasteiger partial charge < -0.3 is 19.5 Å². The molecule has 1 amide bonds. The van der Waals surface area contributed by atoms with Crippen molar-refractivity contribution >= 4 is 23.5 Å². The molecule has 0 radical (unpaired) electrons. The van der Waals surface area contributed by atoms with E-state index in [9.17, 15) is 14.4 Å². The minimum absolute atomic E-state index is 0.0719. The van der Waals surface area contributed by atoms with Gasteiger partial charge in [-0.2, -0.15) is 0 Å². The Morgan fingerprint density at radius 3 is 2.10 bits per heavy atom. The van der Waals surface area contributed by atoms with Crippen LogP contribution in [0.3, 0.4) is 0 Å². The van der Waals surface area contributed by atoms with Crippen molar-refractivity contribution in [3.05, 3.63) is 90.0 Å². The summed E-state index contributed by atoms with van der Waals surface area (Å²) in [4.78, 5) is 38.4. The molecule has 4 rings (SSSR count). The van der Waals surface area contributed by atoms with Crippen LogP contribution in [0.25, 0.3) is 0 Å². The number of benzene rings is 3.